The minimum atomic E-state index is -0.671. The average molecular weight is 377 g/mol. The summed E-state index contributed by atoms with van der Waals surface area (Å²) in [5, 5.41) is 4.71. The molecule has 5 nitrogen and oxygen atoms in total. The number of benzene rings is 2. The van der Waals surface area contributed by atoms with Crippen molar-refractivity contribution in [2.75, 3.05) is 5.73 Å². The number of halogens is 3. The van der Waals surface area contributed by atoms with Gasteiger partial charge in [-0.05, 0) is 37.3 Å². The van der Waals surface area contributed by atoms with Crippen LogP contribution in [0.3, 0.4) is 0 Å². The molecule has 0 unspecified atom stereocenters. The summed E-state index contributed by atoms with van der Waals surface area (Å²) in [6.07, 6.45) is 3.19. The number of hydrogen-bond acceptors (Lipinski definition) is 4. The SMILES string of the molecule is Cc1cn(N=Cc2cc(Cl)ccc2OCc2ccc(F)cc2F)c(N)n1. The first-order valence-corrected chi connectivity index (χ1v) is 8.02. The molecule has 3 rings (SSSR count). The van der Waals surface area contributed by atoms with E-state index < -0.39 is 11.6 Å². The predicted molar refractivity (Wildman–Crippen MR) is 96.5 cm³/mol. The van der Waals surface area contributed by atoms with Crippen LogP contribution in [0.15, 0.2) is 47.7 Å². The van der Waals surface area contributed by atoms with E-state index in [1.54, 1.807) is 31.3 Å². The monoisotopic (exact) mass is 376 g/mol. The van der Waals surface area contributed by atoms with Crippen molar-refractivity contribution >= 4 is 23.8 Å². The van der Waals surface area contributed by atoms with Crippen molar-refractivity contribution in [3.05, 3.63) is 76.1 Å². The molecule has 0 saturated heterocycles. The Bertz CT molecular complexity index is 972. The van der Waals surface area contributed by atoms with E-state index in [4.69, 9.17) is 22.1 Å². The third kappa shape index (κ3) is 4.18. The van der Waals surface area contributed by atoms with Crippen LogP contribution < -0.4 is 10.5 Å². The van der Waals surface area contributed by atoms with Gasteiger partial charge in [-0.15, -0.1) is 0 Å². The molecular formula is C18H15ClF2N4O. The van der Waals surface area contributed by atoms with Crippen molar-refractivity contribution in [2.45, 2.75) is 13.5 Å². The average Bonchev–Trinajstić information content (AvgIpc) is 2.91. The molecule has 26 heavy (non-hydrogen) atoms. The van der Waals surface area contributed by atoms with Gasteiger partial charge in [0.15, 0.2) is 0 Å². The van der Waals surface area contributed by atoms with Gasteiger partial charge in [0.05, 0.1) is 18.1 Å². The molecule has 2 aromatic carbocycles. The second kappa shape index (κ2) is 7.53. The zero-order chi connectivity index (χ0) is 18.7. The Morgan fingerprint density at radius 2 is 2.08 bits per heavy atom. The van der Waals surface area contributed by atoms with E-state index in [0.29, 0.717) is 16.3 Å². The van der Waals surface area contributed by atoms with Crippen molar-refractivity contribution in [3.8, 4) is 5.75 Å². The largest absolute Gasteiger partial charge is 0.488 e. The number of aryl methyl sites for hydroxylation is 1. The van der Waals surface area contributed by atoms with E-state index in [9.17, 15) is 8.78 Å². The number of nitrogen functional groups attached to an aromatic ring is 1. The maximum Gasteiger partial charge on any atom is 0.221 e. The molecule has 0 radical (unpaired) electrons. The van der Waals surface area contributed by atoms with Crippen molar-refractivity contribution in [1.29, 1.82) is 0 Å². The lowest BCUT2D eigenvalue weighted by Crippen LogP contribution is -2.02. The molecule has 0 saturated carbocycles. The summed E-state index contributed by atoms with van der Waals surface area (Å²) >= 11 is 6.03. The third-order valence-corrected chi connectivity index (χ3v) is 3.76. The van der Waals surface area contributed by atoms with Crippen molar-refractivity contribution < 1.29 is 13.5 Å². The molecule has 3 aromatic rings. The lowest BCUT2D eigenvalue weighted by Gasteiger charge is -2.10. The molecule has 1 aromatic heterocycles. The smallest absolute Gasteiger partial charge is 0.221 e. The molecule has 0 fully saturated rings. The Morgan fingerprint density at radius 3 is 2.77 bits per heavy atom. The second-order valence-corrected chi connectivity index (χ2v) is 5.97. The van der Waals surface area contributed by atoms with E-state index in [2.05, 4.69) is 10.1 Å². The Kier molecular flexibility index (Phi) is 5.18. The summed E-state index contributed by atoms with van der Waals surface area (Å²) in [6, 6.07) is 8.27. The van der Waals surface area contributed by atoms with Crippen molar-refractivity contribution in [1.82, 2.24) is 9.66 Å². The number of anilines is 1. The fourth-order valence-electron chi connectivity index (χ4n) is 2.27. The highest BCUT2D eigenvalue weighted by Crippen LogP contribution is 2.23. The highest BCUT2D eigenvalue weighted by molar-refractivity contribution is 6.30. The zero-order valence-corrected chi connectivity index (χ0v) is 14.5. The number of nitrogens with two attached hydrogens (primary N) is 1. The number of ether oxygens (including phenoxy) is 1. The van der Waals surface area contributed by atoms with Crippen LogP contribution in [0.4, 0.5) is 14.7 Å². The topological polar surface area (TPSA) is 65.4 Å². The Hall–Kier alpha value is -2.93. The molecular weight excluding hydrogens is 362 g/mol. The summed E-state index contributed by atoms with van der Waals surface area (Å²) in [5.74, 6) is -0.622. The van der Waals surface area contributed by atoms with Gasteiger partial charge < -0.3 is 10.5 Å². The molecule has 134 valence electrons. The molecule has 2 N–H and O–H groups in total. The van der Waals surface area contributed by atoms with E-state index in [1.165, 1.54) is 23.0 Å². The zero-order valence-electron chi connectivity index (χ0n) is 13.8. The first-order valence-electron chi connectivity index (χ1n) is 7.64. The molecule has 0 atom stereocenters. The van der Waals surface area contributed by atoms with E-state index in [1.807, 2.05) is 0 Å². The van der Waals surface area contributed by atoms with Gasteiger partial charge in [-0.1, -0.05) is 11.6 Å². The molecule has 0 aliphatic carbocycles. The lowest BCUT2D eigenvalue weighted by molar-refractivity contribution is 0.299. The van der Waals surface area contributed by atoms with E-state index in [-0.39, 0.29) is 18.1 Å². The number of aromatic nitrogens is 2. The molecule has 1 heterocycles. The number of hydrogen-bond donors (Lipinski definition) is 1. The maximum atomic E-state index is 13.7. The maximum absolute atomic E-state index is 13.7. The van der Waals surface area contributed by atoms with Crippen LogP contribution in [0.1, 0.15) is 16.8 Å². The number of imidazole rings is 1. The second-order valence-electron chi connectivity index (χ2n) is 5.54. The highest BCUT2D eigenvalue weighted by atomic mass is 35.5. The third-order valence-electron chi connectivity index (χ3n) is 3.53. The van der Waals surface area contributed by atoms with Gasteiger partial charge in [-0.2, -0.15) is 5.10 Å². The summed E-state index contributed by atoms with van der Waals surface area (Å²) in [5.41, 5.74) is 7.29. The van der Waals surface area contributed by atoms with Crippen LogP contribution in [0.25, 0.3) is 0 Å². The van der Waals surface area contributed by atoms with E-state index >= 15 is 0 Å². The van der Waals surface area contributed by atoms with Gasteiger partial charge in [-0.25, -0.2) is 18.4 Å². The van der Waals surface area contributed by atoms with Gasteiger partial charge in [0.2, 0.25) is 5.95 Å². The van der Waals surface area contributed by atoms with Gasteiger partial charge in [0.25, 0.3) is 0 Å². The molecule has 8 heteroatoms. The standard InChI is InChI=1S/C18H15ClF2N4O/c1-11-9-25(18(22)24-11)23-8-13-6-14(19)3-5-17(13)26-10-12-2-4-15(20)7-16(12)21/h2-9H,10H2,1H3,(H2,22,24). The lowest BCUT2D eigenvalue weighted by atomic mass is 10.2. The Morgan fingerprint density at radius 1 is 1.27 bits per heavy atom. The normalized spacial score (nSPS) is 11.2. The Labute approximate surface area is 153 Å². The van der Waals surface area contributed by atoms with Crippen molar-refractivity contribution in [3.63, 3.8) is 0 Å². The van der Waals surface area contributed by atoms with Crippen LogP contribution in [0.2, 0.25) is 5.02 Å². The minimum Gasteiger partial charge on any atom is -0.488 e. The van der Waals surface area contributed by atoms with Gasteiger partial charge in [0.1, 0.15) is 24.0 Å². The first-order chi connectivity index (χ1) is 12.4. The molecule has 0 bridgehead atoms. The van der Waals surface area contributed by atoms with Crippen LogP contribution in [-0.2, 0) is 6.61 Å². The van der Waals surface area contributed by atoms with E-state index in [0.717, 1.165) is 11.8 Å². The minimum absolute atomic E-state index is 0.0685. The molecule has 0 spiro atoms. The summed E-state index contributed by atoms with van der Waals surface area (Å²) in [6.45, 7) is 1.73. The van der Waals surface area contributed by atoms with Crippen LogP contribution >= 0.6 is 11.6 Å². The number of nitrogens with zero attached hydrogens (tertiary/aromatic N) is 3. The number of rotatable bonds is 5. The van der Waals surface area contributed by atoms with Gasteiger partial charge in [0, 0.05) is 22.2 Å². The van der Waals surface area contributed by atoms with Crippen molar-refractivity contribution in [2.24, 2.45) is 5.10 Å². The van der Waals surface area contributed by atoms with Crippen LogP contribution in [-0.4, -0.2) is 15.9 Å². The first kappa shape index (κ1) is 17.9. The predicted octanol–water partition coefficient (Wildman–Crippen LogP) is 4.17. The molecule has 0 amide bonds. The fourth-order valence-corrected chi connectivity index (χ4v) is 2.45. The fraction of sp³-hybridized carbons (Fsp3) is 0.111. The Balaban J connectivity index is 1.82. The highest BCUT2D eigenvalue weighted by Gasteiger charge is 2.08. The molecule has 0 aliphatic rings. The quantitative estimate of drug-likeness (QED) is 0.680. The summed E-state index contributed by atoms with van der Waals surface area (Å²) in [7, 11) is 0. The van der Waals surface area contributed by atoms with Gasteiger partial charge in [-0.3, -0.25) is 0 Å². The van der Waals surface area contributed by atoms with Crippen LogP contribution in [0, 0.1) is 18.6 Å². The summed E-state index contributed by atoms with van der Waals surface area (Å²) in [4.78, 5) is 4.05. The summed E-state index contributed by atoms with van der Waals surface area (Å²) < 4.78 is 33.8. The van der Waals surface area contributed by atoms with Gasteiger partial charge >= 0.3 is 0 Å². The molecule has 0 aliphatic heterocycles. The van der Waals surface area contributed by atoms with Crippen LogP contribution in [0.5, 0.6) is 5.75 Å².